The normalized spacial score (nSPS) is 12.1. The third-order valence-electron chi connectivity index (χ3n) is 2.71. The van der Waals surface area contributed by atoms with Crippen LogP contribution in [-0.4, -0.2) is 38.5 Å². The number of anilines is 2. The number of benzene rings is 2. The van der Waals surface area contributed by atoms with Crippen LogP contribution in [0.4, 0.5) is 24.5 Å². The highest BCUT2D eigenvalue weighted by atomic mass is 32.2. The number of alkyl halides is 3. The first-order chi connectivity index (χ1) is 11.8. The molecule has 1 N–H and O–H groups in total. The zero-order valence-electron chi connectivity index (χ0n) is 14.4. The van der Waals surface area contributed by atoms with Crippen molar-refractivity contribution in [3.8, 4) is 0 Å². The van der Waals surface area contributed by atoms with E-state index in [0.29, 0.717) is 0 Å². The van der Waals surface area contributed by atoms with E-state index < -0.39 is 23.0 Å². The minimum atomic E-state index is -6.09. The largest absolute Gasteiger partial charge is 0.741 e. The summed E-state index contributed by atoms with van der Waals surface area (Å²) in [6, 6.07) is 20.8. The molecule has 144 valence electrons. The number of para-hydroxylation sites is 2. The molecule has 0 saturated carbocycles. The highest BCUT2D eigenvalue weighted by Crippen LogP contribution is 2.43. The summed E-state index contributed by atoms with van der Waals surface area (Å²) in [5, 5.41) is 5.81. The second kappa shape index (κ2) is 8.81. The molecule has 0 aromatic heterocycles. The lowest BCUT2D eigenvalue weighted by Crippen LogP contribution is -2.32. The van der Waals surface area contributed by atoms with Gasteiger partial charge in [-0.2, -0.15) is 13.2 Å². The highest BCUT2D eigenvalue weighted by Gasteiger charge is 2.36. The SMILES string of the molecule is C[P+](C)(C)NN(c1ccccc1)c1ccccc1.O=S(=O)([O-])C(F)(F)F. The summed E-state index contributed by atoms with van der Waals surface area (Å²) in [7, 11) is -7.22. The van der Waals surface area contributed by atoms with Crippen molar-refractivity contribution in [1.82, 2.24) is 5.20 Å². The Morgan fingerprint density at radius 1 is 0.885 bits per heavy atom. The van der Waals surface area contributed by atoms with Crippen molar-refractivity contribution in [1.29, 1.82) is 0 Å². The fourth-order valence-electron chi connectivity index (χ4n) is 1.72. The van der Waals surface area contributed by atoms with Gasteiger partial charge in [-0.25, -0.2) is 13.4 Å². The van der Waals surface area contributed by atoms with E-state index in [1.165, 1.54) is 11.4 Å². The molecule has 0 heterocycles. The average Bonchev–Trinajstić information content (AvgIpc) is 2.52. The van der Waals surface area contributed by atoms with Gasteiger partial charge in [0.1, 0.15) is 0 Å². The number of rotatable bonds is 4. The van der Waals surface area contributed by atoms with Crippen molar-refractivity contribution in [2.24, 2.45) is 0 Å². The molecule has 0 spiro atoms. The molecule has 0 unspecified atom stereocenters. The Balaban J connectivity index is 0.000000359. The molecule has 0 amide bonds. The van der Waals surface area contributed by atoms with E-state index in [1.807, 2.05) is 12.1 Å². The molecule has 0 atom stereocenters. The molecule has 10 heteroatoms. The van der Waals surface area contributed by atoms with E-state index in [2.05, 4.69) is 78.7 Å². The van der Waals surface area contributed by atoms with Gasteiger partial charge in [0.2, 0.25) is 0 Å². The Labute approximate surface area is 151 Å². The summed E-state index contributed by atoms with van der Waals surface area (Å²) < 4.78 is 58.9. The summed E-state index contributed by atoms with van der Waals surface area (Å²) in [6.07, 6.45) is 0. The van der Waals surface area contributed by atoms with Crippen LogP contribution in [0.5, 0.6) is 0 Å². The van der Waals surface area contributed by atoms with Crippen LogP contribution < -0.4 is 10.2 Å². The van der Waals surface area contributed by atoms with Gasteiger partial charge in [0.05, 0.1) is 38.8 Å². The van der Waals surface area contributed by atoms with Gasteiger partial charge >= 0.3 is 5.51 Å². The summed E-state index contributed by atoms with van der Waals surface area (Å²) in [5.41, 5.74) is -3.32. The fourth-order valence-corrected chi connectivity index (χ4v) is 2.55. The Morgan fingerprint density at radius 2 is 1.19 bits per heavy atom. The molecular formula is C16H20F3N2O3PS. The van der Waals surface area contributed by atoms with Crippen molar-refractivity contribution in [3.05, 3.63) is 60.7 Å². The fraction of sp³-hybridized carbons (Fsp3) is 0.250. The first kappa shape index (κ1) is 22.4. The molecule has 0 aliphatic carbocycles. The number of hydrogen-bond acceptors (Lipinski definition) is 5. The number of hydrogen-bond donors (Lipinski definition) is 1. The summed E-state index contributed by atoms with van der Waals surface area (Å²) in [6.45, 7) is 6.81. The predicted octanol–water partition coefficient (Wildman–Crippen LogP) is 4.20. The van der Waals surface area contributed by atoms with Gasteiger partial charge in [0, 0.05) is 0 Å². The van der Waals surface area contributed by atoms with E-state index in [0.717, 1.165) is 0 Å². The van der Waals surface area contributed by atoms with Gasteiger partial charge in [-0.1, -0.05) is 36.4 Å². The van der Waals surface area contributed by atoms with Gasteiger partial charge in [-0.15, -0.1) is 5.20 Å². The Morgan fingerprint density at radius 3 is 1.42 bits per heavy atom. The second-order valence-electron chi connectivity index (χ2n) is 6.02. The van der Waals surface area contributed by atoms with E-state index >= 15 is 0 Å². The topological polar surface area (TPSA) is 72.5 Å². The number of nitrogens with zero attached hydrogens (tertiary/aromatic N) is 1. The molecule has 0 fully saturated rings. The zero-order chi connectivity index (χ0) is 20.0. The van der Waals surface area contributed by atoms with Crippen LogP contribution in [0.3, 0.4) is 0 Å². The maximum Gasteiger partial charge on any atom is 0.485 e. The van der Waals surface area contributed by atoms with Gasteiger partial charge in [-0.05, 0) is 24.3 Å². The third kappa shape index (κ3) is 7.70. The van der Waals surface area contributed by atoms with Crippen molar-refractivity contribution < 1.29 is 26.1 Å². The molecule has 5 nitrogen and oxygen atoms in total. The van der Waals surface area contributed by atoms with E-state index in [9.17, 15) is 13.2 Å². The second-order valence-corrected chi connectivity index (χ2v) is 11.6. The van der Waals surface area contributed by atoms with Gasteiger partial charge in [-0.3, -0.25) is 0 Å². The average molecular weight is 408 g/mol. The van der Waals surface area contributed by atoms with Gasteiger partial charge < -0.3 is 4.55 Å². The minimum absolute atomic E-state index is 1.13. The molecule has 0 aliphatic heterocycles. The van der Waals surface area contributed by atoms with Gasteiger partial charge in [0.25, 0.3) is 0 Å². The molecule has 0 aliphatic rings. The number of hydrazine groups is 1. The van der Waals surface area contributed by atoms with E-state index in [-0.39, 0.29) is 0 Å². The zero-order valence-corrected chi connectivity index (χ0v) is 16.1. The maximum absolute atomic E-state index is 10.7. The first-order valence-corrected chi connectivity index (χ1v) is 11.9. The van der Waals surface area contributed by atoms with Crippen LogP contribution >= 0.6 is 7.41 Å². The van der Waals surface area contributed by atoms with Gasteiger partial charge in [0.15, 0.2) is 10.1 Å². The van der Waals surface area contributed by atoms with Crippen molar-refractivity contribution in [2.45, 2.75) is 5.51 Å². The third-order valence-corrected chi connectivity index (χ3v) is 4.08. The standard InChI is InChI=1S/C15H20N2P.CHF3O3S/c1-18(2,3)16-17(14-10-6-4-7-11-14)15-12-8-5-9-13-15;2-1(3,4)8(5,6)7/h4-13,16H,1-3H3;(H,5,6,7)/q+1;/p-1. The van der Waals surface area contributed by atoms with Crippen LogP contribution in [0.25, 0.3) is 0 Å². The van der Waals surface area contributed by atoms with Crippen molar-refractivity contribution in [2.75, 3.05) is 25.0 Å². The summed E-state index contributed by atoms with van der Waals surface area (Å²) in [5.74, 6) is 0. The number of halogens is 3. The van der Waals surface area contributed by atoms with Crippen LogP contribution in [0.2, 0.25) is 0 Å². The lowest BCUT2D eigenvalue weighted by atomic mass is 10.2. The van der Waals surface area contributed by atoms with Crippen LogP contribution in [-0.2, 0) is 10.1 Å². The van der Waals surface area contributed by atoms with E-state index in [4.69, 9.17) is 13.0 Å². The lowest BCUT2D eigenvalue weighted by molar-refractivity contribution is -0.0517. The van der Waals surface area contributed by atoms with Crippen LogP contribution in [0, 0.1) is 0 Å². The Kier molecular flexibility index (Phi) is 7.58. The molecule has 0 radical (unpaired) electrons. The molecule has 2 aromatic carbocycles. The first-order valence-electron chi connectivity index (χ1n) is 7.33. The summed E-state index contributed by atoms with van der Waals surface area (Å²) >= 11 is 0. The number of nitrogens with one attached hydrogen (secondary N) is 1. The Bertz CT molecular complexity index is 740. The smallest absolute Gasteiger partial charge is 0.485 e. The minimum Gasteiger partial charge on any atom is -0.741 e. The molecule has 0 bridgehead atoms. The molecule has 2 rings (SSSR count). The van der Waals surface area contributed by atoms with Crippen molar-refractivity contribution in [3.63, 3.8) is 0 Å². The molecule has 26 heavy (non-hydrogen) atoms. The monoisotopic (exact) mass is 408 g/mol. The predicted molar refractivity (Wildman–Crippen MR) is 98.6 cm³/mol. The van der Waals surface area contributed by atoms with Crippen LogP contribution in [0.15, 0.2) is 60.7 Å². The highest BCUT2D eigenvalue weighted by molar-refractivity contribution is 7.86. The lowest BCUT2D eigenvalue weighted by Gasteiger charge is -2.28. The summed E-state index contributed by atoms with van der Waals surface area (Å²) in [4.78, 5) is 0. The molecule has 2 aromatic rings. The Hall–Kier alpha value is -1.67. The maximum atomic E-state index is 10.7. The van der Waals surface area contributed by atoms with Crippen LogP contribution in [0.1, 0.15) is 0 Å². The molecule has 0 saturated heterocycles. The molecular weight excluding hydrogens is 388 g/mol. The van der Waals surface area contributed by atoms with E-state index in [1.54, 1.807) is 0 Å². The van der Waals surface area contributed by atoms with Crippen molar-refractivity contribution >= 4 is 28.9 Å². The quantitative estimate of drug-likeness (QED) is 0.355.